The predicted octanol–water partition coefficient (Wildman–Crippen LogP) is 4.09. The molecular weight excluding hydrogens is 390 g/mol. The molecule has 0 fully saturated rings. The lowest BCUT2D eigenvalue weighted by atomic mass is 10.2. The minimum absolute atomic E-state index is 0.208. The zero-order valence-electron chi connectivity index (χ0n) is 5.37. The zero-order chi connectivity index (χ0) is 8.43. The van der Waals surface area contributed by atoms with Crippen LogP contribution in [0.3, 0.4) is 0 Å². The molecule has 0 amide bonds. The van der Waals surface area contributed by atoms with Crippen molar-refractivity contribution in [3.63, 3.8) is 0 Å². The molecule has 0 nitrogen and oxygen atoms in total. The molecule has 1 aromatic carbocycles. The average molecular weight is 394 g/mol. The molecule has 4 heteroatoms. The Hall–Kier alpha value is 0.840. The van der Waals surface area contributed by atoms with Gasteiger partial charge in [0.05, 0.1) is 4.47 Å². The molecule has 0 atom stereocenters. The summed E-state index contributed by atoms with van der Waals surface area (Å²) >= 11 is 8.65. The summed E-state index contributed by atoms with van der Waals surface area (Å²) in [6.45, 7) is 0. The lowest BCUT2D eigenvalue weighted by Crippen LogP contribution is -1.89. The van der Waals surface area contributed by atoms with Crippen LogP contribution < -0.4 is 0 Å². The van der Waals surface area contributed by atoms with E-state index in [1.807, 2.05) is 0 Å². The normalized spacial score (nSPS) is 10.2. The van der Waals surface area contributed by atoms with Crippen LogP contribution >= 0.6 is 54.5 Å². The molecule has 0 aliphatic rings. The fourth-order valence-electron chi connectivity index (χ4n) is 0.692. The van der Waals surface area contributed by atoms with Crippen molar-refractivity contribution in [2.75, 3.05) is 0 Å². The van der Waals surface area contributed by atoms with Crippen molar-refractivity contribution in [2.24, 2.45) is 0 Å². The molecule has 0 aromatic heterocycles. The van der Waals surface area contributed by atoms with Gasteiger partial charge in [0, 0.05) is 8.90 Å². The lowest BCUT2D eigenvalue weighted by Gasteiger charge is -2.03. The van der Waals surface area contributed by atoms with Crippen LogP contribution in [0.1, 0.15) is 5.56 Å². The van der Waals surface area contributed by atoms with Gasteiger partial charge in [0.2, 0.25) is 0 Å². The standard InChI is InChI=1S/C7H4Br2FI/c8-3-4-6(11)2-1-5(10)7(4)9/h1-2H,3H2. The van der Waals surface area contributed by atoms with E-state index in [0.717, 1.165) is 9.13 Å². The SMILES string of the molecule is Fc1ccc(I)c(CBr)c1Br. The van der Waals surface area contributed by atoms with Gasteiger partial charge in [-0.15, -0.1) is 0 Å². The van der Waals surface area contributed by atoms with E-state index in [2.05, 4.69) is 54.5 Å². The van der Waals surface area contributed by atoms with Gasteiger partial charge >= 0.3 is 0 Å². The quantitative estimate of drug-likeness (QED) is 0.383. The fraction of sp³-hybridized carbons (Fsp3) is 0.143. The van der Waals surface area contributed by atoms with Crippen molar-refractivity contribution in [1.82, 2.24) is 0 Å². The molecular formula is C7H4Br2FI. The first-order valence-electron chi connectivity index (χ1n) is 2.85. The van der Waals surface area contributed by atoms with Crippen molar-refractivity contribution < 1.29 is 4.39 Å². The van der Waals surface area contributed by atoms with Gasteiger partial charge < -0.3 is 0 Å². The van der Waals surface area contributed by atoms with Gasteiger partial charge in [-0.1, -0.05) is 15.9 Å². The van der Waals surface area contributed by atoms with E-state index in [1.54, 1.807) is 6.07 Å². The highest BCUT2D eigenvalue weighted by Crippen LogP contribution is 2.26. The van der Waals surface area contributed by atoms with Gasteiger partial charge in [-0.3, -0.25) is 0 Å². The number of alkyl halides is 1. The Morgan fingerprint density at radius 2 is 2.09 bits per heavy atom. The predicted molar refractivity (Wildman–Crippen MR) is 59.4 cm³/mol. The Kier molecular flexibility index (Phi) is 3.77. The molecule has 0 aliphatic heterocycles. The third-order valence-corrected chi connectivity index (χ3v) is 3.70. The molecule has 0 radical (unpaired) electrons. The highest BCUT2D eigenvalue weighted by molar-refractivity contribution is 14.1. The van der Waals surface area contributed by atoms with Crippen molar-refractivity contribution >= 4 is 54.5 Å². The molecule has 0 bridgehead atoms. The molecule has 0 heterocycles. The summed E-state index contributed by atoms with van der Waals surface area (Å²) in [5, 5.41) is 0.670. The number of benzene rings is 1. The highest BCUT2D eigenvalue weighted by Gasteiger charge is 2.07. The van der Waals surface area contributed by atoms with E-state index >= 15 is 0 Å². The van der Waals surface area contributed by atoms with Crippen LogP contribution in [0.2, 0.25) is 0 Å². The van der Waals surface area contributed by atoms with E-state index in [-0.39, 0.29) is 5.82 Å². The molecule has 1 rings (SSSR count). The summed E-state index contributed by atoms with van der Waals surface area (Å²) in [6, 6.07) is 3.22. The topological polar surface area (TPSA) is 0 Å². The maximum Gasteiger partial charge on any atom is 0.137 e. The van der Waals surface area contributed by atoms with Gasteiger partial charge in [0.25, 0.3) is 0 Å². The van der Waals surface area contributed by atoms with Crippen LogP contribution in [0.4, 0.5) is 4.39 Å². The van der Waals surface area contributed by atoms with Crippen LogP contribution in [0, 0.1) is 9.39 Å². The lowest BCUT2D eigenvalue weighted by molar-refractivity contribution is 0.619. The Labute approximate surface area is 95.0 Å². The minimum Gasteiger partial charge on any atom is -0.206 e. The monoisotopic (exact) mass is 392 g/mol. The molecule has 0 saturated carbocycles. The number of halogens is 4. The molecule has 0 unspecified atom stereocenters. The molecule has 11 heavy (non-hydrogen) atoms. The molecule has 0 aliphatic carbocycles. The van der Waals surface area contributed by atoms with E-state index < -0.39 is 0 Å². The van der Waals surface area contributed by atoms with Gasteiger partial charge in [0.15, 0.2) is 0 Å². The number of rotatable bonds is 1. The second-order valence-electron chi connectivity index (χ2n) is 1.96. The smallest absolute Gasteiger partial charge is 0.137 e. The maximum atomic E-state index is 12.9. The molecule has 0 spiro atoms. The largest absolute Gasteiger partial charge is 0.206 e. The van der Waals surface area contributed by atoms with Crippen LogP contribution in [0.15, 0.2) is 16.6 Å². The Morgan fingerprint density at radius 1 is 1.45 bits per heavy atom. The van der Waals surface area contributed by atoms with E-state index in [9.17, 15) is 4.39 Å². The first-order valence-corrected chi connectivity index (χ1v) is 5.84. The summed E-state index contributed by atoms with van der Waals surface area (Å²) in [5.41, 5.74) is 0.964. The molecule has 60 valence electrons. The molecule has 0 saturated heterocycles. The van der Waals surface area contributed by atoms with Crippen LogP contribution in [0.25, 0.3) is 0 Å². The van der Waals surface area contributed by atoms with Crippen LogP contribution in [-0.4, -0.2) is 0 Å². The number of hydrogen-bond acceptors (Lipinski definition) is 0. The van der Waals surface area contributed by atoms with Crippen molar-refractivity contribution in [3.05, 3.63) is 31.6 Å². The van der Waals surface area contributed by atoms with E-state index in [4.69, 9.17) is 0 Å². The summed E-state index contributed by atoms with van der Waals surface area (Å²) < 4.78 is 14.5. The minimum atomic E-state index is -0.208. The van der Waals surface area contributed by atoms with Gasteiger partial charge in [0.1, 0.15) is 5.82 Å². The van der Waals surface area contributed by atoms with Crippen molar-refractivity contribution in [3.8, 4) is 0 Å². The number of hydrogen-bond donors (Lipinski definition) is 0. The second kappa shape index (κ2) is 4.18. The van der Waals surface area contributed by atoms with Crippen LogP contribution in [-0.2, 0) is 5.33 Å². The first-order chi connectivity index (χ1) is 5.16. The zero-order valence-corrected chi connectivity index (χ0v) is 10.7. The molecule has 0 N–H and O–H groups in total. The van der Waals surface area contributed by atoms with Crippen molar-refractivity contribution in [2.45, 2.75) is 5.33 Å². The third-order valence-electron chi connectivity index (χ3n) is 1.27. The third kappa shape index (κ3) is 2.15. The second-order valence-corrected chi connectivity index (χ2v) is 4.47. The molecule has 1 aromatic rings. The Morgan fingerprint density at radius 3 is 2.55 bits per heavy atom. The first kappa shape index (κ1) is 9.92. The van der Waals surface area contributed by atoms with Gasteiger partial charge in [-0.05, 0) is 56.2 Å². The average Bonchev–Trinajstić information content (AvgIpc) is 1.99. The summed E-state index contributed by atoms with van der Waals surface area (Å²) in [7, 11) is 0. The van der Waals surface area contributed by atoms with Gasteiger partial charge in [-0.25, -0.2) is 4.39 Å². The van der Waals surface area contributed by atoms with Gasteiger partial charge in [-0.2, -0.15) is 0 Å². The summed E-state index contributed by atoms with van der Waals surface area (Å²) in [5.74, 6) is -0.208. The van der Waals surface area contributed by atoms with Crippen LogP contribution in [0.5, 0.6) is 0 Å². The van der Waals surface area contributed by atoms with E-state index in [1.165, 1.54) is 6.07 Å². The van der Waals surface area contributed by atoms with E-state index in [0.29, 0.717) is 9.80 Å². The highest BCUT2D eigenvalue weighted by atomic mass is 127. The fourth-order valence-corrected chi connectivity index (χ4v) is 3.67. The Balaban J connectivity index is 3.29. The Bertz CT molecular complexity index is 275. The summed E-state index contributed by atoms with van der Waals surface area (Å²) in [6.07, 6.45) is 0. The van der Waals surface area contributed by atoms with Crippen molar-refractivity contribution in [1.29, 1.82) is 0 Å². The summed E-state index contributed by atoms with van der Waals surface area (Å²) in [4.78, 5) is 0. The maximum absolute atomic E-state index is 12.9.